The summed E-state index contributed by atoms with van der Waals surface area (Å²) in [5.74, 6) is -0.681. The van der Waals surface area contributed by atoms with E-state index in [1.54, 1.807) is 18.7 Å². The maximum absolute atomic E-state index is 14.3. The Kier molecular flexibility index (Phi) is 8.89. The Morgan fingerprint density at radius 2 is 1.97 bits per heavy atom. The number of likely N-dealkylation sites (tertiary alicyclic amines) is 1. The number of piperidine rings is 1. The van der Waals surface area contributed by atoms with Crippen molar-refractivity contribution in [3.63, 3.8) is 0 Å². The first-order valence-corrected chi connectivity index (χ1v) is 13.4. The average Bonchev–Trinajstić information content (AvgIpc) is 3.27. The Bertz CT molecular complexity index is 1130. The van der Waals surface area contributed by atoms with Crippen LogP contribution < -0.4 is 10.6 Å². The minimum atomic E-state index is -2.84. The smallest absolute Gasteiger partial charge is 0.280 e. The zero-order chi connectivity index (χ0) is 27.5. The average molecular weight is 538 g/mol. The fraction of sp³-hybridized carbons (Fsp3) is 0.615. The van der Waals surface area contributed by atoms with Crippen LogP contribution in [0.15, 0.2) is 12.3 Å². The van der Waals surface area contributed by atoms with Gasteiger partial charge in [0, 0.05) is 42.0 Å². The molecule has 1 aliphatic heterocycles. The maximum Gasteiger partial charge on any atom is 0.280 e. The number of anilines is 1. The summed E-state index contributed by atoms with van der Waals surface area (Å²) < 4.78 is 28.6. The summed E-state index contributed by atoms with van der Waals surface area (Å²) in [6.07, 6.45) is 1.91. The van der Waals surface area contributed by atoms with Gasteiger partial charge in [-0.1, -0.05) is 6.92 Å². The van der Waals surface area contributed by atoms with E-state index in [1.807, 2.05) is 27.7 Å². The summed E-state index contributed by atoms with van der Waals surface area (Å²) in [7, 11) is 0. The molecule has 2 aromatic rings. The van der Waals surface area contributed by atoms with Crippen LogP contribution in [-0.4, -0.2) is 62.1 Å². The topological polar surface area (TPSA) is 107 Å². The molecule has 3 heterocycles. The lowest BCUT2D eigenvalue weighted by Gasteiger charge is -2.33. The highest BCUT2D eigenvalue weighted by molar-refractivity contribution is 7.17. The van der Waals surface area contributed by atoms with E-state index < -0.39 is 23.8 Å². The molecule has 3 rings (SSSR count). The van der Waals surface area contributed by atoms with Crippen molar-refractivity contribution in [2.45, 2.75) is 90.8 Å². The monoisotopic (exact) mass is 537 g/mol. The molecular formula is C26H37F2N5O3S. The van der Waals surface area contributed by atoms with E-state index in [2.05, 4.69) is 20.6 Å². The van der Waals surface area contributed by atoms with Crippen LogP contribution in [0.25, 0.3) is 10.4 Å². The lowest BCUT2D eigenvalue weighted by atomic mass is 10.0. The van der Waals surface area contributed by atoms with Crippen molar-refractivity contribution in [3.8, 4) is 10.4 Å². The van der Waals surface area contributed by atoms with Gasteiger partial charge >= 0.3 is 0 Å². The van der Waals surface area contributed by atoms with Gasteiger partial charge in [-0.3, -0.25) is 9.59 Å². The van der Waals surface area contributed by atoms with Crippen LogP contribution in [0.5, 0.6) is 0 Å². The Hall–Kier alpha value is -2.66. The number of nitrogens with one attached hydrogen (secondary N) is 2. The number of thiazole rings is 1. The van der Waals surface area contributed by atoms with Gasteiger partial charge in [0.2, 0.25) is 0 Å². The Morgan fingerprint density at radius 3 is 2.57 bits per heavy atom. The van der Waals surface area contributed by atoms with Crippen molar-refractivity contribution in [2.24, 2.45) is 0 Å². The Balaban J connectivity index is 2.09. The number of pyridine rings is 1. The van der Waals surface area contributed by atoms with Crippen molar-refractivity contribution in [3.05, 3.63) is 28.5 Å². The molecule has 1 saturated heterocycles. The molecule has 11 heteroatoms. The zero-order valence-corrected chi connectivity index (χ0v) is 23.1. The third-order valence-electron chi connectivity index (χ3n) is 6.54. The molecule has 37 heavy (non-hydrogen) atoms. The van der Waals surface area contributed by atoms with Crippen molar-refractivity contribution >= 4 is 29.0 Å². The number of amides is 2. The molecule has 0 saturated carbocycles. The molecule has 0 bridgehead atoms. The Labute approximate surface area is 220 Å². The lowest BCUT2D eigenvalue weighted by Crippen LogP contribution is -2.42. The SMILES string of the molecule is CCC(C)(C)Nc1cc(C(F)F)c(-c2sc(C(=O)NCC(C)(C)O)nc2C(=O)N2CCCCC2C)cn1. The van der Waals surface area contributed by atoms with Crippen LogP contribution in [0.2, 0.25) is 0 Å². The fourth-order valence-corrected chi connectivity index (χ4v) is 5.00. The van der Waals surface area contributed by atoms with E-state index in [4.69, 9.17) is 0 Å². The first-order valence-electron chi connectivity index (χ1n) is 12.6. The fourth-order valence-electron chi connectivity index (χ4n) is 4.00. The second-order valence-electron chi connectivity index (χ2n) is 10.9. The van der Waals surface area contributed by atoms with E-state index in [0.717, 1.165) is 37.0 Å². The number of nitrogens with zero attached hydrogens (tertiary/aromatic N) is 3. The predicted octanol–water partition coefficient (Wildman–Crippen LogP) is 5.26. The summed E-state index contributed by atoms with van der Waals surface area (Å²) in [6.45, 7) is 11.4. The van der Waals surface area contributed by atoms with Gasteiger partial charge in [0.25, 0.3) is 18.2 Å². The quantitative estimate of drug-likeness (QED) is 0.403. The third kappa shape index (κ3) is 7.22. The number of aliphatic hydroxyl groups is 1. The van der Waals surface area contributed by atoms with Gasteiger partial charge in [-0.2, -0.15) is 0 Å². The van der Waals surface area contributed by atoms with Crippen molar-refractivity contribution in [1.29, 1.82) is 0 Å². The minimum absolute atomic E-state index is 0.0289. The van der Waals surface area contributed by atoms with Crippen LogP contribution in [-0.2, 0) is 0 Å². The highest BCUT2D eigenvalue weighted by Crippen LogP contribution is 2.39. The van der Waals surface area contributed by atoms with Crippen molar-refractivity contribution in [1.82, 2.24) is 20.2 Å². The number of carbonyl (C=O) groups is 2. The highest BCUT2D eigenvalue weighted by atomic mass is 32.1. The number of hydrogen-bond donors (Lipinski definition) is 3. The maximum atomic E-state index is 14.3. The number of aromatic nitrogens is 2. The lowest BCUT2D eigenvalue weighted by molar-refractivity contribution is 0.0630. The molecule has 8 nitrogen and oxygen atoms in total. The van der Waals surface area contributed by atoms with E-state index in [-0.39, 0.29) is 44.8 Å². The molecule has 1 aliphatic rings. The molecule has 2 amide bonds. The van der Waals surface area contributed by atoms with E-state index in [9.17, 15) is 23.5 Å². The normalized spacial score (nSPS) is 16.7. The summed E-state index contributed by atoms with van der Waals surface area (Å²) in [4.78, 5) is 37.0. The van der Waals surface area contributed by atoms with Crippen LogP contribution >= 0.6 is 11.3 Å². The molecule has 1 fully saturated rings. The number of carbonyl (C=O) groups excluding carboxylic acids is 2. The number of hydrogen-bond acceptors (Lipinski definition) is 7. The zero-order valence-electron chi connectivity index (χ0n) is 22.3. The molecule has 0 radical (unpaired) electrons. The number of alkyl halides is 2. The van der Waals surface area contributed by atoms with E-state index in [0.29, 0.717) is 12.4 Å². The van der Waals surface area contributed by atoms with Gasteiger partial charge in [-0.25, -0.2) is 18.7 Å². The van der Waals surface area contributed by atoms with Crippen LogP contribution in [0.4, 0.5) is 14.6 Å². The predicted molar refractivity (Wildman–Crippen MR) is 141 cm³/mol. The largest absolute Gasteiger partial charge is 0.389 e. The molecule has 1 unspecified atom stereocenters. The molecule has 1 atom stereocenters. The molecule has 0 spiro atoms. The molecular weight excluding hydrogens is 500 g/mol. The van der Waals surface area contributed by atoms with Gasteiger partial charge in [0.1, 0.15) is 11.5 Å². The van der Waals surface area contributed by atoms with Crippen LogP contribution in [0, 0.1) is 0 Å². The van der Waals surface area contributed by atoms with Crippen molar-refractivity contribution < 1.29 is 23.5 Å². The van der Waals surface area contributed by atoms with Crippen LogP contribution in [0.1, 0.15) is 99.5 Å². The molecule has 204 valence electrons. The Morgan fingerprint density at radius 1 is 1.27 bits per heavy atom. The highest BCUT2D eigenvalue weighted by Gasteiger charge is 2.32. The number of halogens is 2. The molecule has 0 aliphatic carbocycles. The molecule has 3 N–H and O–H groups in total. The van der Waals surface area contributed by atoms with Gasteiger partial charge in [-0.15, -0.1) is 11.3 Å². The third-order valence-corrected chi connectivity index (χ3v) is 7.62. The summed E-state index contributed by atoms with van der Waals surface area (Å²) >= 11 is 0.874. The molecule has 0 aromatic carbocycles. The first kappa shape index (κ1) is 28.9. The van der Waals surface area contributed by atoms with Gasteiger partial charge in [0.15, 0.2) is 5.01 Å². The van der Waals surface area contributed by atoms with E-state index >= 15 is 0 Å². The first-order chi connectivity index (χ1) is 17.2. The van der Waals surface area contributed by atoms with E-state index in [1.165, 1.54) is 12.3 Å². The van der Waals surface area contributed by atoms with Gasteiger partial charge in [-0.05, 0) is 66.4 Å². The standard InChI is InChI=1S/C26H37F2N5O3S/c1-7-25(3,4)32-18-12-16(21(27)28)17(13-29-18)20-19(24(35)33-11-9-8-10-15(33)2)31-23(37-20)22(34)30-14-26(5,6)36/h12-13,15,21,36H,7-11,14H2,1-6H3,(H,29,32)(H,30,34). The van der Waals surface area contributed by atoms with Crippen molar-refractivity contribution in [2.75, 3.05) is 18.4 Å². The van der Waals surface area contributed by atoms with Gasteiger partial charge in [0.05, 0.1) is 10.5 Å². The van der Waals surface area contributed by atoms with Gasteiger partial charge < -0.3 is 20.6 Å². The molecule has 2 aromatic heterocycles. The summed E-state index contributed by atoms with van der Waals surface area (Å²) in [6, 6.07) is 1.27. The number of rotatable bonds is 9. The van der Waals surface area contributed by atoms with Crippen LogP contribution in [0.3, 0.4) is 0 Å². The summed E-state index contributed by atoms with van der Waals surface area (Å²) in [5, 5.41) is 15.7. The second-order valence-corrected chi connectivity index (χ2v) is 11.9. The second kappa shape index (κ2) is 11.4. The summed E-state index contributed by atoms with van der Waals surface area (Å²) in [5.41, 5.74) is -1.76. The minimum Gasteiger partial charge on any atom is -0.389 e.